The molecular weight excluding hydrogens is 370 g/mol. The molecule has 0 saturated heterocycles. The lowest BCUT2D eigenvalue weighted by molar-refractivity contribution is 0.0530. The molecule has 0 radical (unpaired) electrons. The van der Waals surface area contributed by atoms with Crippen molar-refractivity contribution in [3.05, 3.63) is 83.6 Å². The number of hydrogen-bond donors (Lipinski definition) is 1. The Labute approximate surface area is 166 Å². The number of aromatic nitrogens is 1. The van der Waals surface area contributed by atoms with Gasteiger partial charge in [0.05, 0.1) is 35.0 Å². The molecule has 4 aromatic rings. The largest absolute Gasteiger partial charge is 0.487 e. The maximum Gasteiger partial charge on any atom is 0.340 e. The van der Waals surface area contributed by atoms with Crippen LogP contribution in [0.4, 0.5) is 0 Å². The maximum absolute atomic E-state index is 12.5. The average Bonchev–Trinajstić information content (AvgIpc) is 3.06. The van der Waals surface area contributed by atoms with Crippen LogP contribution in [0, 0.1) is 0 Å². The lowest BCUT2D eigenvalue weighted by Gasteiger charge is -2.08. The number of carbonyl (C=O) groups is 2. The summed E-state index contributed by atoms with van der Waals surface area (Å²) < 4.78 is 13.0. The van der Waals surface area contributed by atoms with Crippen LogP contribution in [-0.2, 0) is 11.3 Å². The third-order valence-corrected chi connectivity index (χ3v) is 4.70. The van der Waals surface area contributed by atoms with E-state index in [4.69, 9.17) is 14.6 Å². The fourth-order valence-electron chi connectivity index (χ4n) is 3.33. The number of hydrogen-bond acceptors (Lipinski definition) is 4. The topological polar surface area (TPSA) is 77.2 Å². The number of esters is 1. The highest BCUT2D eigenvalue weighted by molar-refractivity contribution is 6.11. The summed E-state index contributed by atoms with van der Waals surface area (Å²) in [5, 5.41) is 9.80. The zero-order valence-electron chi connectivity index (χ0n) is 15.8. The van der Waals surface area contributed by atoms with Crippen molar-refractivity contribution in [1.82, 2.24) is 4.40 Å². The molecule has 1 N–H and O–H groups in total. The Hall–Kier alpha value is -3.80. The summed E-state index contributed by atoms with van der Waals surface area (Å²) in [6.45, 7) is 2.40. The van der Waals surface area contributed by atoms with Gasteiger partial charge in [-0.3, -0.25) is 0 Å². The zero-order chi connectivity index (χ0) is 20.4. The molecular formula is C23H19NO5. The van der Waals surface area contributed by atoms with Gasteiger partial charge in [0, 0.05) is 5.39 Å². The molecule has 0 bridgehead atoms. The van der Waals surface area contributed by atoms with Gasteiger partial charge in [-0.15, -0.1) is 0 Å². The number of fused-ring (bicyclic) bond motifs is 3. The smallest absolute Gasteiger partial charge is 0.340 e. The van der Waals surface area contributed by atoms with Crippen LogP contribution in [0.2, 0.25) is 0 Å². The lowest BCUT2D eigenvalue weighted by atomic mass is 10.1. The van der Waals surface area contributed by atoms with Crippen molar-refractivity contribution in [3.8, 4) is 5.75 Å². The average molecular weight is 389 g/mol. The predicted octanol–water partition coefficient (Wildman–Crippen LogP) is 4.55. The van der Waals surface area contributed by atoms with E-state index >= 15 is 0 Å². The predicted molar refractivity (Wildman–Crippen MR) is 109 cm³/mol. The van der Waals surface area contributed by atoms with Crippen LogP contribution in [0.1, 0.15) is 33.2 Å². The first-order valence-corrected chi connectivity index (χ1v) is 9.23. The van der Waals surface area contributed by atoms with E-state index in [9.17, 15) is 9.59 Å². The number of carboxylic acid groups (broad SMARTS) is 1. The second kappa shape index (κ2) is 7.67. The summed E-state index contributed by atoms with van der Waals surface area (Å²) in [4.78, 5) is 23.4. The number of para-hydroxylation sites is 1. The van der Waals surface area contributed by atoms with E-state index in [2.05, 4.69) is 0 Å². The maximum atomic E-state index is 12.5. The van der Waals surface area contributed by atoms with Gasteiger partial charge in [-0.1, -0.05) is 30.3 Å². The molecule has 0 saturated carbocycles. The SMILES string of the molecule is CCOC(=O)c1c2ccccc2n2cc(OCc3ccc(C(=O)O)cc3)ccc12. The quantitative estimate of drug-likeness (QED) is 0.490. The van der Waals surface area contributed by atoms with Crippen LogP contribution < -0.4 is 4.74 Å². The molecule has 0 aliphatic rings. The Morgan fingerprint density at radius 3 is 2.45 bits per heavy atom. The van der Waals surface area contributed by atoms with Crippen LogP contribution >= 0.6 is 0 Å². The molecule has 4 rings (SSSR count). The number of nitrogens with zero attached hydrogens (tertiary/aromatic N) is 1. The third-order valence-electron chi connectivity index (χ3n) is 4.70. The van der Waals surface area contributed by atoms with Crippen LogP contribution in [0.5, 0.6) is 5.75 Å². The van der Waals surface area contributed by atoms with E-state index in [1.54, 1.807) is 31.2 Å². The summed E-state index contributed by atoms with van der Waals surface area (Å²) in [6, 6.07) is 17.9. The van der Waals surface area contributed by atoms with E-state index in [1.165, 1.54) is 0 Å². The monoisotopic (exact) mass is 389 g/mol. The molecule has 6 heteroatoms. The molecule has 6 nitrogen and oxygen atoms in total. The Balaban J connectivity index is 1.66. The summed E-state index contributed by atoms with van der Waals surface area (Å²) in [6.07, 6.45) is 1.84. The number of benzene rings is 2. The molecule has 0 aliphatic carbocycles. The first kappa shape index (κ1) is 18.6. The second-order valence-corrected chi connectivity index (χ2v) is 6.52. The molecule has 146 valence electrons. The molecule has 0 atom stereocenters. The van der Waals surface area contributed by atoms with Crippen molar-refractivity contribution in [3.63, 3.8) is 0 Å². The number of carbonyl (C=O) groups excluding carboxylic acids is 1. The molecule has 2 heterocycles. The number of pyridine rings is 1. The van der Waals surface area contributed by atoms with Crippen molar-refractivity contribution in [2.45, 2.75) is 13.5 Å². The van der Waals surface area contributed by atoms with E-state index in [0.717, 1.165) is 22.0 Å². The standard InChI is InChI=1S/C23H19NO5/c1-2-28-23(27)21-18-5-3-4-6-19(18)24-13-17(11-12-20(21)24)29-14-15-7-9-16(10-8-15)22(25)26/h3-13H,2,14H2,1H3,(H,25,26). The minimum Gasteiger partial charge on any atom is -0.487 e. The normalized spacial score (nSPS) is 10.9. The first-order chi connectivity index (χ1) is 14.1. The van der Waals surface area contributed by atoms with Gasteiger partial charge in [0.1, 0.15) is 12.4 Å². The fraction of sp³-hybridized carbons (Fsp3) is 0.130. The van der Waals surface area contributed by atoms with Crippen LogP contribution in [0.25, 0.3) is 16.4 Å². The van der Waals surface area contributed by atoms with Gasteiger partial charge < -0.3 is 19.0 Å². The van der Waals surface area contributed by atoms with Gasteiger partial charge in [-0.25, -0.2) is 9.59 Å². The molecule has 2 aromatic heterocycles. The molecule has 29 heavy (non-hydrogen) atoms. The Morgan fingerprint density at radius 1 is 0.966 bits per heavy atom. The number of ether oxygens (including phenoxy) is 2. The van der Waals surface area contributed by atoms with Gasteiger partial charge >= 0.3 is 11.9 Å². The van der Waals surface area contributed by atoms with Gasteiger partial charge in [0.2, 0.25) is 0 Å². The summed E-state index contributed by atoms with van der Waals surface area (Å²) in [7, 11) is 0. The number of carboxylic acids is 1. The molecule has 0 fully saturated rings. The van der Waals surface area contributed by atoms with Crippen LogP contribution in [-0.4, -0.2) is 28.1 Å². The highest BCUT2D eigenvalue weighted by Crippen LogP contribution is 2.29. The first-order valence-electron chi connectivity index (χ1n) is 9.23. The van der Waals surface area contributed by atoms with Crippen molar-refractivity contribution in [1.29, 1.82) is 0 Å². The molecule has 0 spiro atoms. The summed E-state index contributed by atoms with van der Waals surface area (Å²) in [5.74, 6) is -0.672. The lowest BCUT2D eigenvalue weighted by Crippen LogP contribution is -2.04. The van der Waals surface area contributed by atoms with Gasteiger partial charge in [0.25, 0.3) is 0 Å². The highest BCUT2D eigenvalue weighted by atomic mass is 16.5. The minimum absolute atomic E-state index is 0.237. The summed E-state index contributed by atoms with van der Waals surface area (Å²) in [5.41, 5.74) is 3.28. The Bertz CT molecular complexity index is 1210. The van der Waals surface area contributed by atoms with Crippen molar-refractivity contribution < 1.29 is 24.2 Å². The highest BCUT2D eigenvalue weighted by Gasteiger charge is 2.19. The second-order valence-electron chi connectivity index (χ2n) is 6.52. The van der Waals surface area contributed by atoms with Crippen LogP contribution in [0.3, 0.4) is 0 Å². The third kappa shape index (κ3) is 3.52. The van der Waals surface area contributed by atoms with Gasteiger partial charge in [-0.05, 0) is 42.8 Å². The van der Waals surface area contributed by atoms with E-state index < -0.39 is 5.97 Å². The van der Waals surface area contributed by atoms with Gasteiger partial charge in [-0.2, -0.15) is 0 Å². The number of aromatic carboxylic acids is 1. The van der Waals surface area contributed by atoms with Gasteiger partial charge in [0.15, 0.2) is 0 Å². The van der Waals surface area contributed by atoms with E-state index in [-0.39, 0.29) is 11.5 Å². The van der Waals surface area contributed by atoms with Crippen molar-refractivity contribution in [2.24, 2.45) is 0 Å². The molecule has 0 amide bonds. The van der Waals surface area contributed by atoms with E-state index in [1.807, 2.05) is 47.0 Å². The Morgan fingerprint density at radius 2 is 1.72 bits per heavy atom. The zero-order valence-corrected chi connectivity index (χ0v) is 15.8. The summed E-state index contributed by atoms with van der Waals surface area (Å²) >= 11 is 0. The van der Waals surface area contributed by atoms with Crippen molar-refractivity contribution >= 4 is 28.4 Å². The Kier molecular flexibility index (Phi) is 4.91. The minimum atomic E-state index is -0.959. The van der Waals surface area contributed by atoms with E-state index in [0.29, 0.717) is 24.5 Å². The fourth-order valence-corrected chi connectivity index (χ4v) is 3.33. The van der Waals surface area contributed by atoms with Crippen molar-refractivity contribution in [2.75, 3.05) is 6.61 Å². The molecule has 0 unspecified atom stereocenters. The van der Waals surface area contributed by atoms with Crippen LogP contribution in [0.15, 0.2) is 66.9 Å². The number of rotatable bonds is 6. The molecule has 0 aliphatic heterocycles. The molecule has 2 aromatic carbocycles.